The standard InChI is InChI=1S/C3H9P.H2Te/c1-3(2)4;/h3H,4H2,1-2H3;1H2. The Labute approximate surface area is 52.6 Å². The van der Waals surface area contributed by atoms with Gasteiger partial charge >= 0.3 is 23.7 Å². The molecule has 0 aromatic rings. The molecule has 5 heavy (non-hydrogen) atoms. The van der Waals surface area contributed by atoms with Crippen LogP contribution in [0.2, 0.25) is 0 Å². The molecule has 0 fully saturated rings. The summed E-state index contributed by atoms with van der Waals surface area (Å²) >= 11 is 0. The molecule has 0 saturated heterocycles. The maximum absolute atomic E-state index is 2.66. The predicted molar refractivity (Wildman–Crippen MR) is 33.4 cm³/mol. The topological polar surface area (TPSA) is 0 Å². The molecule has 0 rings (SSSR count). The van der Waals surface area contributed by atoms with E-state index in [1.165, 1.54) is 0 Å². The minimum absolute atomic E-state index is 0. The van der Waals surface area contributed by atoms with Crippen LogP contribution in [0.25, 0.3) is 0 Å². The molecule has 0 amide bonds. The van der Waals surface area contributed by atoms with Crippen LogP contribution in [0.4, 0.5) is 0 Å². The van der Waals surface area contributed by atoms with Gasteiger partial charge in [-0.2, -0.15) is 0 Å². The van der Waals surface area contributed by atoms with Crippen LogP contribution in [0.3, 0.4) is 0 Å². The molecule has 1 unspecified atom stereocenters. The molecule has 0 aliphatic rings. The molecule has 0 nitrogen and oxygen atoms in total. The van der Waals surface area contributed by atoms with Gasteiger partial charge in [-0.1, -0.05) is 13.8 Å². The molecule has 2 heteroatoms. The third kappa shape index (κ3) is 36.4. The first-order valence-corrected chi connectivity index (χ1v) is 2.15. The quantitative estimate of drug-likeness (QED) is 0.396. The first-order chi connectivity index (χ1) is 1.73. The molecule has 0 aromatic heterocycles. The number of rotatable bonds is 0. The fourth-order valence-electron chi connectivity index (χ4n) is 0. The van der Waals surface area contributed by atoms with Crippen LogP contribution in [0.15, 0.2) is 0 Å². The fourth-order valence-corrected chi connectivity index (χ4v) is 0. The van der Waals surface area contributed by atoms with E-state index < -0.39 is 0 Å². The SMILES string of the molecule is CC(C)P.[TeH2]. The summed E-state index contributed by atoms with van der Waals surface area (Å²) in [4.78, 5) is 0. The number of hydrogen-bond acceptors (Lipinski definition) is 0. The molecular weight excluding hydrogens is 195 g/mol. The van der Waals surface area contributed by atoms with Crippen molar-refractivity contribution in [2.45, 2.75) is 19.5 Å². The summed E-state index contributed by atoms with van der Waals surface area (Å²) in [6.45, 7) is 4.26. The van der Waals surface area contributed by atoms with E-state index in [-0.39, 0.29) is 23.7 Å². The Morgan fingerprint density at radius 3 is 1.40 bits per heavy atom. The first-order valence-electron chi connectivity index (χ1n) is 1.49. The second-order valence-electron chi connectivity index (χ2n) is 1.24. The van der Waals surface area contributed by atoms with Crippen LogP contribution >= 0.6 is 9.24 Å². The van der Waals surface area contributed by atoms with E-state index in [1.807, 2.05) is 0 Å². The van der Waals surface area contributed by atoms with Gasteiger partial charge in [0, 0.05) is 0 Å². The molecule has 34 valence electrons. The molecule has 1 atom stereocenters. The maximum atomic E-state index is 2.66. The van der Waals surface area contributed by atoms with Gasteiger partial charge < -0.3 is 0 Å². The van der Waals surface area contributed by atoms with E-state index in [9.17, 15) is 0 Å². The van der Waals surface area contributed by atoms with Crippen LogP contribution in [0.1, 0.15) is 13.8 Å². The van der Waals surface area contributed by atoms with Gasteiger partial charge in [0.2, 0.25) is 0 Å². The molecule has 0 aliphatic heterocycles. The zero-order valence-corrected chi connectivity index (χ0v) is 7.66. The van der Waals surface area contributed by atoms with Crippen molar-refractivity contribution in [3.8, 4) is 0 Å². The van der Waals surface area contributed by atoms with Crippen LogP contribution in [-0.2, 0) is 0 Å². The first kappa shape index (κ1) is 9.52. The van der Waals surface area contributed by atoms with Gasteiger partial charge in [-0.15, -0.1) is 9.24 Å². The average molecular weight is 206 g/mol. The third-order valence-electron chi connectivity index (χ3n) is 0. The summed E-state index contributed by atoms with van der Waals surface area (Å²) in [5.74, 6) is 0. The summed E-state index contributed by atoms with van der Waals surface area (Å²) in [6.07, 6.45) is 0. The Morgan fingerprint density at radius 2 is 1.40 bits per heavy atom. The normalized spacial score (nSPS) is 7.20. The molecule has 0 saturated carbocycles. The van der Waals surface area contributed by atoms with Crippen molar-refractivity contribution in [3.63, 3.8) is 0 Å². The molecule has 0 aromatic carbocycles. The van der Waals surface area contributed by atoms with Crippen molar-refractivity contribution < 1.29 is 0 Å². The van der Waals surface area contributed by atoms with Crippen molar-refractivity contribution in [1.82, 2.24) is 0 Å². The summed E-state index contributed by atoms with van der Waals surface area (Å²) in [7, 11) is 2.66. The molecule has 0 N–H and O–H groups in total. The van der Waals surface area contributed by atoms with Crippen molar-refractivity contribution in [2.75, 3.05) is 0 Å². The van der Waals surface area contributed by atoms with Crippen LogP contribution < -0.4 is 0 Å². The molecule has 0 bridgehead atoms. The van der Waals surface area contributed by atoms with E-state index in [2.05, 4.69) is 23.1 Å². The van der Waals surface area contributed by atoms with E-state index in [0.29, 0.717) is 0 Å². The van der Waals surface area contributed by atoms with Gasteiger partial charge in [0.25, 0.3) is 0 Å². The van der Waals surface area contributed by atoms with Crippen LogP contribution in [-0.4, -0.2) is 29.3 Å². The Kier molecular flexibility index (Phi) is 9.93. The van der Waals surface area contributed by atoms with E-state index >= 15 is 0 Å². The van der Waals surface area contributed by atoms with Crippen molar-refractivity contribution >= 4 is 32.9 Å². The summed E-state index contributed by atoms with van der Waals surface area (Å²) in [5.41, 5.74) is 0.750. The summed E-state index contributed by atoms with van der Waals surface area (Å²) in [5, 5.41) is 0. The van der Waals surface area contributed by atoms with Crippen molar-refractivity contribution in [3.05, 3.63) is 0 Å². The Hall–Kier alpha value is 1.22. The van der Waals surface area contributed by atoms with Gasteiger partial charge in [-0.05, 0) is 5.66 Å². The molecule has 0 spiro atoms. The zero-order valence-electron chi connectivity index (χ0n) is 3.65. The Balaban J connectivity index is 0. The molecule has 0 heterocycles. The van der Waals surface area contributed by atoms with Crippen LogP contribution in [0, 0.1) is 0 Å². The monoisotopic (exact) mass is 208 g/mol. The Bertz CT molecular complexity index is 11.6. The van der Waals surface area contributed by atoms with Crippen LogP contribution in [0.5, 0.6) is 0 Å². The van der Waals surface area contributed by atoms with Crippen molar-refractivity contribution in [2.24, 2.45) is 0 Å². The number of hydrogen-bond donors (Lipinski definition) is 0. The van der Waals surface area contributed by atoms with Crippen molar-refractivity contribution in [1.29, 1.82) is 0 Å². The second kappa shape index (κ2) is 5.22. The van der Waals surface area contributed by atoms with Gasteiger partial charge in [-0.3, -0.25) is 0 Å². The summed E-state index contributed by atoms with van der Waals surface area (Å²) < 4.78 is 0. The van der Waals surface area contributed by atoms with Gasteiger partial charge in [0.1, 0.15) is 0 Å². The average Bonchev–Trinajstić information content (AvgIpc) is 0.811. The third-order valence-corrected chi connectivity index (χ3v) is 0. The zero-order chi connectivity index (χ0) is 3.58. The van der Waals surface area contributed by atoms with E-state index in [0.717, 1.165) is 5.66 Å². The Morgan fingerprint density at radius 1 is 1.40 bits per heavy atom. The van der Waals surface area contributed by atoms with Gasteiger partial charge in [0.15, 0.2) is 0 Å². The van der Waals surface area contributed by atoms with E-state index in [1.54, 1.807) is 0 Å². The molecular formula is C3H11PTe. The second-order valence-corrected chi connectivity index (χ2v) is 2.58. The fraction of sp³-hybridized carbons (Fsp3) is 1.00. The molecule has 0 aliphatic carbocycles. The summed E-state index contributed by atoms with van der Waals surface area (Å²) in [6, 6.07) is 0. The van der Waals surface area contributed by atoms with Gasteiger partial charge in [0.05, 0.1) is 0 Å². The van der Waals surface area contributed by atoms with E-state index in [4.69, 9.17) is 0 Å². The minimum atomic E-state index is 0. The predicted octanol–water partition coefficient (Wildman–Crippen LogP) is 0.354. The molecule has 0 radical (unpaired) electrons. The van der Waals surface area contributed by atoms with Gasteiger partial charge in [-0.25, -0.2) is 0 Å².